The molecule has 1 aromatic heterocycles. The molecule has 0 atom stereocenters. The van der Waals surface area contributed by atoms with Crippen molar-refractivity contribution in [2.45, 2.75) is 4.90 Å². The van der Waals surface area contributed by atoms with Crippen LogP contribution in [0.5, 0.6) is 5.75 Å². The first-order valence-corrected chi connectivity index (χ1v) is 10.00. The number of methoxy groups -OCH3 is 1. The highest BCUT2D eigenvalue weighted by atomic mass is 32.2. The first-order valence-electron chi connectivity index (χ1n) is 7.74. The van der Waals surface area contributed by atoms with E-state index in [-0.39, 0.29) is 10.8 Å². The predicted octanol–water partition coefficient (Wildman–Crippen LogP) is 2.74. The Morgan fingerprint density at radius 3 is 2.48 bits per heavy atom. The van der Waals surface area contributed by atoms with E-state index < -0.39 is 10.0 Å². The SMILES string of the molecule is COc1ccc2nc(NC(=O)c3ccc(S(=O)(=O)N(C)OC)cc3)sc2c1. The molecular formula is C17H17N3O5S2. The van der Waals surface area contributed by atoms with Crippen LogP contribution in [0.25, 0.3) is 10.2 Å². The molecule has 0 aliphatic heterocycles. The van der Waals surface area contributed by atoms with Gasteiger partial charge in [0.25, 0.3) is 15.9 Å². The number of nitrogens with one attached hydrogen (secondary N) is 1. The fourth-order valence-corrected chi connectivity index (χ4v) is 4.14. The molecule has 1 N–H and O–H groups in total. The Balaban J connectivity index is 1.78. The topological polar surface area (TPSA) is 97.8 Å². The molecule has 1 amide bonds. The smallest absolute Gasteiger partial charge is 0.264 e. The van der Waals surface area contributed by atoms with Crippen LogP contribution in [0.4, 0.5) is 5.13 Å². The summed E-state index contributed by atoms with van der Waals surface area (Å²) in [6.45, 7) is 0. The second-order valence-corrected chi connectivity index (χ2v) is 8.39. The van der Waals surface area contributed by atoms with Gasteiger partial charge in [-0.1, -0.05) is 15.8 Å². The van der Waals surface area contributed by atoms with E-state index in [1.807, 2.05) is 12.1 Å². The second kappa shape index (κ2) is 7.61. The van der Waals surface area contributed by atoms with Crippen LogP contribution in [-0.2, 0) is 14.9 Å². The summed E-state index contributed by atoms with van der Waals surface area (Å²) in [7, 11) is 0.372. The fraction of sp³-hybridized carbons (Fsp3) is 0.176. The molecule has 142 valence electrons. The number of carbonyl (C=O) groups excluding carboxylic acids is 1. The van der Waals surface area contributed by atoms with Gasteiger partial charge >= 0.3 is 0 Å². The van der Waals surface area contributed by atoms with Gasteiger partial charge in [0.1, 0.15) is 5.75 Å². The quantitative estimate of drug-likeness (QED) is 0.631. The minimum absolute atomic E-state index is 0.0236. The molecule has 0 radical (unpaired) electrons. The van der Waals surface area contributed by atoms with Crippen molar-refractivity contribution >= 4 is 42.6 Å². The van der Waals surface area contributed by atoms with E-state index in [1.54, 1.807) is 13.2 Å². The zero-order valence-electron chi connectivity index (χ0n) is 14.8. The van der Waals surface area contributed by atoms with Crippen molar-refractivity contribution in [1.82, 2.24) is 9.45 Å². The standard InChI is InChI=1S/C17H17N3O5S2/c1-20(25-3)27(22,23)13-7-4-11(5-8-13)16(21)19-17-18-14-9-6-12(24-2)10-15(14)26-17/h4-10H,1-3H3,(H,18,19,21). The highest BCUT2D eigenvalue weighted by Crippen LogP contribution is 2.29. The summed E-state index contributed by atoms with van der Waals surface area (Å²) < 4.78 is 31.1. The number of hydrogen-bond acceptors (Lipinski definition) is 7. The average molecular weight is 407 g/mol. The molecule has 2 aromatic carbocycles. The number of fused-ring (bicyclic) bond motifs is 1. The number of amides is 1. The molecule has 3 rings (SSSR count). The first-order chi connectivity index (χ1) is 12.8. The molecule has 0 saturated heterocycles. The van der Waals surface area contributed by atoms with Crippen LogP contribution in [0, 0.1) is 0 Å². The summed E-state index contributed by atoms with van der Waals surface area (Å²) >= 11 is 1.32. The van der Waals surface area contributed by atoms with Crippen LogP contribution in [-0.4, -0.2) is 45.0 Å². The Labute approximate surface area is 160 Å². The molecular weight excluding hydrogens is 390 g/mol. The molecule has 0 spiro atoms. The zero-order chi connectivity index (χ0) is 19.6. The monoisotopic (exact) mass is 407 g/mol. The molecule has 0 aliphatic carbocycles. The van der Waals surface area contributed by atoms with E-state index in [0.717, 1.165) is 14.7 Å². The van der Waals surface area contributed by atoms with E-state index in [2.05, 4.69) is 10.3 Å². The third kappa shape index (κ3) is 3.93. The Morgan fingerprint density at radius 2 is 1.85 bits per heavy atom. The molecule has 0 unspecified atom stereocenters. The van der Waals surface area contributed by atoms with E-state index in [1.165, 1.54) is 49.8 Å². The number of carbonyl (C=O) groups is 1. The van der Waals surface area contributed by atoms with Gasteiger partial charge in [-0.2, -0.15) is 0 Å². The maximum atomic E-state index is 12.4. The van der Waals surface area contributed by atoms with Crippen molar-refractivity contribution in [3.05, 3.63) is 48.0 Å². The summed E-state index contributed by atoms with van der Waals surface area (Å²) in [4.78, 5) is 21.5. The van der Waals surface area contributed by atoms with Crippen molar-refractivity contribution in [2.75, 3.05) is 26.6 Å². The lowest BCUT2D eigenvalue weighted by atomic mass is 10.2. The van der Waals surface area contributed by atoms with E-state index in [9.17, 15) is 13.2 Å². The number of aromatic nitrogens is 1. The lowest BCUT2D eigenvalue weighted by Gasteiger charge is -2.14. The van der Waals surface area contributed by atoms with Crippen LogP contribution in [0.2, 0.25) is 0 Å². The largest absolute Gasteiger partial charge is 0.497 e. The molecule has 3 aromatic rings. The molecule has 8 nitrogen and oxygen atoms in total. The number of benzene rings is 2. The Bertz CT molecular complexity index is 1080. The second-order valence-electron chi connectivity index (χ2n) is 5.43. The minimum atomic E-state index is -3.76. The number of sulfonamides is 1. The van der Waals surface area contributed by atoms with Crippen molar-refractivity contribution in [2.24, 2.45) is 0 Å². The molecule has 0 saturated carbocycles. The summed E-state index contributed by atoms with van der Waals surface area (Å²) in [6.07, 6.45) is 0. The average Bonchev–Trinajstić information content (AvgIpc) is 3.08. The van der Waals surface area contributed by atoms with Gasteiger partial charge in [0.15, 0.2) is 5.13 Å². The van der Waals surface area contributed by atoms with Crippen LogP contribution in [0.15, 0.2) is 47.4 Å². The Morgan fingerprint density at radius 1 is 1.15 bits per heavy atom. The van der Waals surface area contributed by atoms with Gasteiger partial charge in [-0.05, 0) is 42.5 Å². The summed E-state index contributed by atoms with van der Waals surface area (Å²) in [5.41, 5.74) is 1.06. The van der Waals surface area contributed by atoms with Gasteiger partial charge in [0.2, 0.25) is 0 Å². The Kier molecular flexibility index (Phi) is 5.42. The van der Waals surface area contributed by atoms with Crippen molar-refractivity contribution < 1.29 is 22.8 Å². The maximum absolute atomic E-state index is 12.4. The lowest BCUT2D eigenvalue weighted by Crippen LogP contribution is -2.25. The highest BCUT2D eigenvalue weighted by Gasteiger charge is 2.21. The van der Waals surface area contributed by atoms with Gasteiger partial charge in [0.05, 0.1) is 29.3 Å². The number of rotatable bonds is 6. The summed E-state index contributed by atoms with van der Waals surface area (Å²) in [5, 5.41) is 3.16. The number of nitrogens with zero attached hydrogens (tertiary/aromatic N) is 2. The molecule has 0 fully saturated rings. The van der Waals surface area contributed by atoms with Crippen LogP contribution in [0.3, 0.4) is 0 Å². The van der Waals surface area contributed by atoms with E-state index in [4.69, 9.17) is 9.57 Å². The predicted molar refractivity (Wildman–Crippen MR) is 103 cm³/mol. The molecule has 10 heteroatoms. The number of hydrogen-bond donors (Lipinski definition) is 1. The fourth-order valence-electron chi connectivity index (χ4n) is 2.28. The highest BCUT2D eigenvalue weighted by molar-refractivity contribution is 7.89. The third-order valence-corrected chi connectivity index (χ3v) is 6.45. The van der Waals surface area contributed by atoms with Crippen LogP contribution in [0.1, 0.15) is 10.4 Å². The minimum Gasteiger partial charge on any atom is -0.497 e. The van der Waals surface area contributed by atoms with Crippen molar-refractivity contribution in [3.63, 3.8) is 0 Å². The number of ether oxygens (including phenoxy) is 1. The van der Waals surface area contributed by atoms with Gasteiger partial charge in [-0.3, -0.25) is 14.9 Å². The molecule has 0 aliphatic rings. The van der Waals surface area contributed by atoms with Crippen LogP contribution < -0.4 is 10.1 Å². The lowest BCUT2D eigenvalue weighted by molar-refractivity contribution is -0.0258. The normalized spacial score (nSPS) is 11.7. The van der Waals surface area contributed by atoms with E-state index >= 15 is 0 Å². The van der Waals surface area contributed by atoms with Crippen LogP contribution >= 0.6 is 11.3 Å². The van der Waals surface area contributed by atoms with Gasteiger partial charge in [-0.15, -0.1) is 0 Å². The zero-order valence-corrected chi connectivity index (χ0v) is 16.4. The first kappa shape index (κ1) is 19.2. The summed E-state index contributed by atoms with van der Waals surface area (Å²) in [5.74, 6) is 0.326. The summed E-state index contributed by atoms with van der Waals surface area (Å²) in [6, 6.07) is 11.0. The van der Waals surface area contributed by atoms with Crippen molar-refractivity contribution in [1.29, 1.82) is 0 Å². The van der Waals surface area contributed by atoms with Gasteiger partial charge in [0, 0.05) is 12.6 Å². The number of anilines is 1. The van der Waals surface area contributed by atoms with E-state index in [0.29, 0.717) is 16.4 Å². The van der Waals surface area contributed by atoms with Gasteiger partial charge < -0.3 is 4.74 Å². The molecule has 0 bridgehead atoms. The molecule has 27 heavy (non-hydrogen) atoms. The number of hydroxylamine groups is 1. The van der Waals surface area contributed by atoms with Crippen molar-refractivity contribution in [3.8, 4) is 5.75 Å². The van der Waals surface area contributed by atoms with Gasteiger partial charge in [-0.25, -0.2) is 13.4 Å². The number of thiazole rings is 1. The maximum Gasteiger partial charge on any atom is 0.264 e. The molecule has 1 heterocycles. The Hall–Kier alpha value is -2.53. The third-order valence-electron chi connectivity index (χ3n) is 3.83.